The number of carbonyl (C=O) groups is 1. The molecule has 1 saturated heterocycles. The lowest BCUT2D eigenvalue weighted by Crippen LogP contribution is -2.46. The van der Waals surface area contributed by atoms with Gasteiger partial charge in [-0.15, -0.1) is 0 Å². The molecule has 0 bridgehead atoms. The van der Waals surface area contributed by atoms with E-state index >= 15 is 0 Å². The summed E-state index contributed by atoms with van der Waals surface area (Å²) in [6, 6.07) is 8.68. The minimum atomic E-state index is -0.714. The number of piperidine rings is 1. The van der Waals surface area contributed by atoms with Crippen LogP contribution in [0, 0.1) is 12.8 Å². The molecule has 0 saturated carbocycles. The summed E-state index contributed by atoms with van der Waals surface area (Å²) in [6.45, 7) is 4.85. The van der Waals surface area contributed by atoms with Crippen molar-refractivity contribution in [2.24, 2.45) is 11.7 Å². The number of rotatable bonds is 5. The van der Waals surface area contributed by atoms with Gasteiger partial charge in [0.25, 0.3) is 0 Å². The summed E-state index contributed by atoms with van der Waals surface area (Å²) in [5.74, 6) is -0.311. The monoisotopic (exact) mass is 276 g/mol. The van der Waals surface area contributed by atoms with E-state index in [4.69, 9.17) is 10.8 Å². The summed E-state index contributed by atoms with van der Waals surface area (Å²) >= 11 is 0. The summed E-state index contributed by atoms with van der Waals surface area (Å²) in [7, 11) is 0. The minimum absolute atomic E-state index is 0.160. The molecule has 2 atom stereocenters. The van der Waals surface area contributed by atoms with Crippen molar-refractivity contribution in [1.82, 2.24) is 4.90 Å². The van der Waals surface area contributed by atoms with Crippen molar-refractivity contribution in [1.29, 1.82) is 0 Å². The molecular weight excluding hydrogens is 252 g/mol. The maximum Gasteiger partial charge on any atom is 0.303 e. The molecule has 0 aliphatic carbocycles. The number of nitrogens with zero attached hydrogens (tertiary/aromatic N) is 1. The van der Waals surface area contributed by atoms with Crippen LogP contribution in [0.3, 0.4) is 0 Å². The molecule has 1 aromatic carbocycles. The highest BCUT2D eigenvalue weighted by Crippen LogP contribution is 2.22. The number of aliphatic carboxylic acids is 1. The van der Waals surface area contributed by atoms with E-state index < -0.39 is 5.97 Å². The normalized spacial score (nSPS) is 23.7. The number of benzene rings is 1. The predicted octanol–water partition coefficient (Wildman–Crippen LogP) is 2.01. The standard InChI is InChI=1S/C16H24N2O2/c1-12-3-2-4-13(7-12)9-18-10-14(5-6-16(19)20)8-15(17)11-18/h2-4,7,14-15H,5-6,8-11,17H2,1H3,(H,19,20). The van der Waals surface area contributed by atoms with Crippen LogP contribution in [0.5, 0.6) is 0 Å². The van der Waals surface area contributed by atoms with Gasteiger partial charge in [0.15, 0.2) is 0 Å². The van der Waals surface area contributed by atoms with Gasteiger partial charge >= 0.3 is 5.97 Å². The molecule has 20 heavy (non-hydrogen) atoms. The van der Waals surface area contributed by atoms with E-state index in [0.717, 1.165) is 32.5 Å². The minimum Gasteiger partial charge on any atom is -0.481 e. The van der Waals surface area contributed by atoms with Crippen molar-refractivity contribution in [3.05, 3.63) is 35.4 Å². The summed E-state index contributed by atoms with van der Waals surface area (Å²) in [5.41, 5.74) is 8.69. The number of hydrogen-bond donors (Lipinski definition) is 2. The first-order chi connectivity index (χ1) is 9.52. The molecule has 2 unspecified atom stereocenters. The van der Waals surface area contributed by atoms with Gasteiger partial charge in [-0.1, -0.05) is 29.8 Å². The molecule has 1 aromatic rings. The number of aryl methyl sites for hydroxylation is 1. The van der Waals surface area contributed by atoms with Crippen LogP contribution in [0.2, 0.25) is 0 Å². The molecule has 0 amide bonds. The van der Waals surface area contributed by atoms with Crippen molar-refractivity contribution in [2.45, 2.75) is 38.8 Å². The third kappa shape index (κ3) is 4.62. The van der Waals surface area contributed by atoms with Gasteiger partial charge in [-0.2, -0.15) is 0 Å². The summed E-state index contributed by atoms with van der Waals surface area (Å²) in [6.07, 6.45) is 1.92. The van der Waals surface area contributed by atoms with Crippen LogP contribution < -0.4 is 5.73 Å². The van der Waals surface area contributed by atoms with E-state index in [1.807, 2.05) is 0 Å². The van der Waals surface area contributed by atoms with E-state index in [2.05, 4.69) is 36.1 Å². The molecule has 1 aliphatic heterocycles. The first kappa shape index (κ1) is 15.0. The summed E-state index contributed by atoms with van der Waals surface area (Å²) in [4.78, 5) is 13.0. The Balaban J connectivity index is 1.92. The second kappa shape index (κ2) is 6.86. The van der Waals surface area contributed by atoms with Gasteiger partial charge in [0.1, 0.15) is 0 Å². The summed E-state index contributed by atoms with van der Waals surface area (Å²) in [5, 5.41) is 8.80. The number of likely N-dealkylation sites (tertiary alicyclic amines) is 1. The molecule has 4 heteroatoms. The lowest BCUT2D eigenvalue weighted by Gasteiger charge is -2.36. The molecule has 4 nitrogen and oxygen atoms in total. The van der Waals surface area contributed by atoms with Gasteiger partial charge in [0.2, 0.25) is 0 Å². The quantitative estimate of drug-likeness (QED) is 0.863. The highest BCUT2D eigenvalue weighted by Gasteiger charge is 2.25. The Labute approximate surface area is 120 Å². The van der Waals surface area contributed by atoms with E-state index in [1.165, 1.54) is 11.1 Å². The molecule has 1 aliphatic rings. The number of carboxylic acids is 1. The van der Waals surface area contributed by atoms with Crippen molar-refractivity contribution >= 4 is 5.97 Å². The fourth-order valence-corrected chi connectivity index (χ4v) is 3.08. The van der Waals surface area contributed by atoms with Gasteiger partial charge in [0, 0.05) is 32.1 Å². The van der Waals surface area contributed by atoms with E-state index in [0.29, 0.717) is 5.92 Å². The fraction of sp³-hybridized carbons (Fsp3) is 0.562. The molecule has 0 radical (unpaired) electrons. The third-order valence-electron chi connectivity index (χ3n) is 3.90. The van der Waals surface area contributed by atoms with Crippen LogP contribution in [0.4, 0.5) is 0 Å². The van der Waals surface area contributed by atoms with Crippen LogP contribution in [0.25, 0.3) is 0 Å². The fourth-order valence-electron chi connectivity index (χ4n) is 3.08. The molecular formula is C16H24N2O2. The zero-order valence-corrected chi connectivity index (χ0v) is 12.1. The van der Waals surface area contributed by atoms with E-state index in [1.54, 1.807) is 0 Å². The first-order valence-electron chi connectivity index (χ1n) is 7.28. The van der Waals surface area contributed by atoms with E-state index in [-0.39, 0.29) is 12.5 Å². The average Bonchev–Trinajstić information content (AvgIpc) is 2.35. The summed E-state index contributed by atoms with van der Waals surface area (Å²) < 4.78 is 0. The maximum absolute atomic E-state index is 10.7. The van der Waals surface area contributed by atoms with Crippen LogP contribution in [-0.4, -0.2) is 35.1 Å². The molecule has 1 heterocycles. The van der Waals surface area contributed by atoms with Gasteiger partial charge in [0.05, 0.1) is 0 Å². The topological polar surface area (TPSA) is 66.6 Å². The molecule has 110 valence electrons. The Morgan fingerprint density at radius 1 is 1.45 bits per heavy atom. The number of hydrogen-bond acceptors (Lipinski definition) is 3. The van der Waals surface area contributed by atoms with Crippen LogP contribution in [-0.2, 0) is 11.3 Å². The molecule has 0 spiro atoms. The Kier molecular flexibility index (Phi) is 5.15. The Morgan fingerprint density at radius 2 is 2.25 bits per heavy atom. The van der Waals surface area contributed by atoms with Crippen molar-refractivity contribution in [3.8, 4) is 0 Å². The second-order valence-corrected chi connectivity index (χ2v) is 5.98. The van der Waals surface area contributed by atoms with Crippen molar-refractivity contribution in [3.63, 3.8) is 0 Å². The average molecular weight is 276 g/mol. The van der Waals surface area contributed by atoms with Crippen molar-refractivity contribution < 1.29 is 9.90 Å². The first-order valence-corrected chi connectivity index (χ1v) is 7.28. The highest BCUT2D eigenvalue weighted by atomic mass is 16.4. The largest absolute Gasteiger partial charge is 0.481 e. The SMILES string of the molecule is Cc1cccc(CN2CC(N)CC(CCC(=O)O)C2)c1. The zero-order chi connectivity index (χ0) is 14.5. The molecule has 2 rings (SSSR count). The highest BCUT2D eigenvalue weighted by molar-refractivity contribution is 5.66. The number of nitrogens with two attached hydrogens (primary N) is 1. The molecule has 1 fully saturated rings. The van der Waals surface area contributed by atoms with Gasteiger partial charge in [-0.25, -0.2) is 0 Å². The second-order valence-electron chi connectivity index (χ2n) is 5.98. The van der Waals surface area contributed by atoms with Gasteiger partial charge < -0.3 is 10.8 Å². The Morgan fingerprint density at radius 3 is 2.95 bits per heavy atom. The number of carboxylic acid groups (broad SMARTS) is 1. The maximum atomic E-state index is 10.7. The van der Waals surface area contributed by atoms with Crippen LogP contribution in [0.1, 0.15) is 30.4 Å². The molecule has 3 N–H and O–H groups in total. The van der Waals surface area contributed by atoms with Crippen molar-refractivity contribution in [2.75, 3.05) is 13.1 Å². The lowest BCUT2D eigenvalue weighted by molar-refractivity contribution is -0.137. The van der Waals surface area contributed by atoms with Crippen LogP contribution in [0.15, 0.2) is 24.3 Å². The van der Waals surface area contributed by atoms with Gasteiger partial charge in [-0.3, -0.25) is 9.69 Å². The Bertz CT molecular complexity index is 462. The zero-order valence-electron chi connectivity index (χ0n) is 12.1. The third-order valence-corrected chi connectivity index (χ3v) is 3.90. The van der Waals surface area contributed by atoms with E-state index in [9.17, 15) is 4.79 Å². The van der Waals surface area contributed by atoms with Gasteiger partial charge in [-0.05, 0) is 31.2 Å². The smallest absolute Gasteiger partial charge is 0.303 e. The molecule has 0 aromatic heterocycles. The Hall–Kier alpha value is -1.39. The van der Waals surface area contributed by atoms with Crippen LogP contribution >= 0.6 is 0 Å². The lowest BCUT2D eigenvalue weighted by atomic mass is 9.90. The predicted molar refractivity (Wildman–Crippen MR) is 79.4 cm³/mol.